The first kappa shape index (κ1) is 9.11. The van der Waals surface area contributed by atoms with Crippen LogP contribution in [0.25, 0.3) is 0 Å². The molecule has 23 valence electrons. The predicted octanol–water partition coefficient (Wildman–Crippen LogP) is 0.784. The molecule has 0 aromatic carbocycles. The summed E-state index contributed by atoms with van der Waals surface area (Å²) in [5.41, 5.74) is 0. The molecule has 4 heavy (non-hydrogen) atoms. The molecule has 0 saturated carbocycles. The Hall–Kier alpha value is 1.54. The summed E-state index contributed by atoms with van der Waals surface area (Å²) in [7, 11) is 0. The molecule has 0 aromatic rings. The summed E-state index contributed by atoms with van der Waals surface area (Å²) >= 11 is 0.230. The monoisotopic (exact) mass is 331 g/mol. The minimum Gasteiger partial charge on any atom is 0 e. The zero-order chi connectivity index (χ0) is 2.71. The van der Waals surface area contributed by atoms with Crippen LogP contribution in [0.1, 0.15) is 0 Å². The van der Waals surface area contributed by atoms with E-state index in [-0.39, 0.29) is 43.5 Å². The average Bonchev–Trinajstić information content (AvgIpc) is 0.918. The molecular formula is C2H6SnTa. The van der Waals surface area contributed by atoms with Crippen LogP contribution < -0.4 is 0 Å². The van der Waals surface area contributed by atoms with E-state index in [1.165, 1.54) is 0 Å². The van der Waals surface area contributed by atoms with Crippen molar-refractivity contribution in [1.29, 1.82) is 0 Å². The van der Waals surface area contributed by atoms with Crippen LogP contribution >= 0.6 is 0 Å². The minimum atomic E-state index is 0. The quantitative estimate of drug-likeness (QED) is 0.576. The van der Waals surface area contributed by atoms with Crippen molar-refractivity contribution in [2.24, 2.45) is 0 Å². The van der Waals surface area contributed by atoms with E-state index in [2.05, 4.69) is 9.88 Å². The number of rotatable bonds is 0. The third kappa shape index (κ3) is 9.63. The van der Waals surface area contributed by atoms with Gasteiger partial charge in [0.15, 0.2) is 0 Å². The van der Waals surface area contributed by atoms with Crippen molar-refractivity contribution in [3.63, 3.8) is 0 Å². The maximum absolute atomic E-state index is 2.30. The summed E-state index contributed by atoms with van der Waals surface area (Å²) in [6.45, 7) is 0. The Balaban J connectivity index is 0. The summed E-state index contributed by atoms with van der Waals surface area (Å²) in [6.07, 6.45) is 0. The van der Waals surface area contributed by atoms with E-state index >= 15 is 0 Å². The molecule has 0 aliphatic carbocycles. The van der Waals surface area contributed by atoms with Crippen molar-refractivity contribution < 1.29 is 22.4 Å². The van der Waals surface area contributed by atoms with Gasteiger partial charge < -0.3 is 0 Å². The van der Waals surface area contributed by atoms with Gasteiger partial charge in [-0.25, -0.2) is 0 Å². The smallest absolute Gasteiger partial charge is 0 e. The van der Waals surface area contributed by atoms with Crippen LogP contribution in [0.15, 0.2) is 0 Å². The second-order valence-corrected chi connectivity index (χ2v) is 3.35. The summed E-state index contributed by atoms with van der Waals surface area (Å²) in [6, 6.07) is 0. The Morgan fingerprint density at radius 2 is 1.25 bits per heavy atom. The Morgan fingerprint density at radius 3 is 1.25 bits per heavy atom. The molecule has 0 nitrogen and oxygen atoms in total. The Morgan fingerprint density at radius 1 is 1.25 bits per heavy atom. The molecule has 0 amide bonds. The molecule has 0 bridgehead atoms. The van der Waals surface area contributed by atoms with Gasteiger partial charge in [0, 0.05) is 22.4 Å². The molecule has 0 spiro atoms. The maximum atomic E-state index is 2.30. The normalized spacial score (nSPS) is 4.50. The fourth-order valence-electron chi connectivity index (χ4n) is 0. The SMILES string of the molecule is [CH3][Sn][CH3].[Ta]. The van der Waals surface area contributed by atoms with Gasteiger partial charge in [-0.05, 0) is 0 Å². The second kappa shape index (κ2) is 8.82. The Labute approximate surface area is 53.1 Å². The van der Waals surface area contributed by atoms with Gasteiger partial charge in [0.1, 0.15) is 0 Å². The van der Waals surface area contributed by atoms with Gasteiger partial charge in [-0.15, -0.1) is 0 Å². The van der Waals surface area contributed by atoms with Crippen LogP contribution in [0, 0.1) is 0 Å². The number of hydrogen-bond acceptors (Lipinski definition) is 0. The standard InChI is InChI=1S/2CH3.Sn.Ta/h2*1H3;;. The van der Waals surface area contributed by atoms with E-state index in [9.17, 15) is 0 Å². The topological polar surface area (TPSA) is 0 Å². The molecule has 0 fully saturated rings. The first-order chi connectivity index (χ1) is 1.41. The average molecular weight is 330 g/mol. The van der Waals surface area contributed by atoms with E-state index in [4.69, 9.17) is 0 Å². The molecule has 3 radical (unpaired) electrons. The molecule has 0 rings (SSSR count). The zero-order valence-electron chi connectivity index (χ0n) is 2.95. The molecule has 0 saturated heterocycles. The summed E-state index contributed by atoms with van der Waals surface area (Å²) < 4.78 is 0. The molecule has 0 heterocycles. The third-order valence-corrected chi connectivity index (χ3v) is 0. The van der Waals surface area contributed by atoms with Gasteiger partial charge in [0.2, 0.25) is 0 Å². The van der Waals surface area contributed by atoms with E-state index in [1.807, 2.05) is 0 Å². The van der Waals surface area contributed by atoms with Crippen LogP contribution in [0.4, 0.5) is 0 Å². The van der Waals surface area contributed by atoms with E-state index < -0.39 is 0 Å². The molecule has 0 aliphatic rings. The van der Waals surface area contributed by atoms with Gasteiger partial charge in [-0.3, -0.25) is 0 Å². The molecule has 0 aliphatic heterocycles. The van der Waals surface area contributed by atoms with Gasteiger partial charge >= 0.3 is 31.0 Å². The van der Waals surface area contributed by atoms with E-state index in [0.29, 0.717) is 0 Å². The van der Waals surface area contributed by atoms with Crippen molar-refractivity contribution in [3.05, 3.63) is 0 Å². The third-order valence-electron chi connectivity index (χ3n) is 0. The molecular weight excluding hydrogens is 324 g/mol. The van der Waals surface area contributed by atoms with Crippen LogP contribution in [0.3, 0.4) is 0 Å². The fraction of sp³-hybridized carbons (Fsp3) is 1.00. The van der Waals surface area contributed by atoms with Crippen molar-refractivity contribution in [1.82, 2.24) is 0 Å². The Bertz CT molecular complexity index is 6.00. The largest absolute Gasteiger partial charge is 0 e. The van der Waals surface area contributed by atoms with Crippen molar-refractivity contribution in [3.8, 4) is 0 Å². The minimum absolute atomic E-state index is 0. The Kier molecular flexibility index (Phi) is 20.1. The molecule has 2 heteroatoms. The molecule has 0 aromatic heterocycles. The van der Waals surface area contributed by atoms with Crippen LogP contribution in [-0.4, -0.2) is 21.1 Å². The zero-order valence-corrected chi connectivity index (χ0v) is 9.01. The predicted molar refractivity (Wildman–Crippen MR) is 17.5 cm³/mol. The summed E-state index contributed by atoms with van der Waals surface area (Å²) in [5.74, 6) is 0. The van der Waals surface area contributed by atoms with Crippen LogP contribution in [0.5, 0.6) is 0 Å². The van der Waals surface area contributed by atoms with Crippen molar-refractivity contribution in [2.75, 3.05) is 0 Å². The molecule has 0 atom stereocenters. The van der Waals surface area contributed by atoms with Crippen molar-refractivity contribution >= 4 is 21.1 Å². The van der Waals surface area contributed by atoms with E-state index in [1.54, 1.807) is 0 Å². The van der Waals surface area contributed by atoms with E-state index in [0.717, 1.165) is 0 Å². The number of hydrogen-bond donors (Lipinski definition) is 0. The van der Waals surface area contributed by atoms with Gasteiger partial charge in [0.25, 0.3) is 0 Å². The first-order valence-electron chi connectivity index (χ1n) is 1.00. The summed E-state index contributed by atoms with van der Waals surface area (Å²) in [4.78, 5) is 4.59. The molecule has 0 N–H and O–H groups in total. The van der Waals surface area contributed by atoms with Gasteiger partial charge in [0.05, 0.1) is 0 Å². The van der Waals surface area contributed by atoms with Gasteiger partial charge in [-0.1, -0.05) is 0 Å². The second-order valence-electron chi connectivity index (χ2n) is 0.500. The first-order valence-corrected chi connectivity index (χ1v) is 6.71. The van der Waals surface area contributed by atoms with Gasteiger partial charge in [-0.2, -0.15) is 0 Å². The molecule has 0 unspecified atom stereocenters. The maximum Gasteiger partial charge on any atom is 0 e. The fourth-order valence-corrected chi connectivity index (χ4v) is 0. The summed E-state index contributed by atoms with van der Waals surface area (Å²) in [5, 5.41) is 0. The van der Waals surface area contributed by atoms with Crippen LogP contribution in [-0.2, 0) is 22.4 Å². The van der Waals surface area contributed by atoms with Crippen LogP contribution in [0.2, 0.25) is 9.88 Å². The van der Waals surface area contributed by atoms with Crippen molar-refractivity contribution in [2.45, 2.75) is 9.88 Å².